The molecule has 1 unspecified atom stereocenters. The highest BCUT2D eigenvalue weighted by Gasteiger charge is 2.21. The highest BCUT2D eigenvalue weighted by Crippen LogP contribution is 2.13. The van der Waals surface area contributed by atoms with Gasteiger partial charge in [0.05, 0.1) is 0 Å². The molecule has 17 heavy (non-hydrogen) atoms. The van der Waals surface area contributed by atoms with Gasteiger partial charge in [0.15, 0.2) is 5.82 Å². The summed E-state index contributed by atoms with van der Waals surface area (Å²) in [7, 11) is -3.89. The van der Waals surface area contributed by atoms with E-state index >= 15 is 0 Å². The lowest BCUT2D eigenvalue weighted by Gasteiger charge is -2.14. The molecule has 96 valence electrons. The number of halogens is 2. The van der Waals surface area contributed by atoms with E-state index in [-0.39, 0.29) is 17.3 Å². The highest BCUT2D eigenvalue weighted by molar-refractivity contribution is 9.09. The van der Waals surface area contributed by atoms with E-state index in [1.807, 2.05) is 13.8 Å². The Morgan fingerprint density at radius 3 is 2.71 bits per heavy atom. The number of rotatable bonds is 5. The van der Waals surface area contributed by atoms with Gasteiger partial charge in [-0.1, -0.05) is 29.8 Å². The third-order valence-electron chi connectivity index (χ3n) is 2.17. The maximum Gasteiger partial charge on any atom is 0.261 e. The molecule has 0 amide bonds. The number of nitrogens with one attached hydrogen (secondary N) is 1. The first-order valence-electron chi connectivity index (χ1n) is 5.09. The number of aromatic nitrogens is 1. The number of hydrogen-bond acceptors (Lipinski definition) is 3. The van der Waals surface area contributed by atoms with Crippen LogP contribution < -0.4 is 4.72 Å². The zero-order valence-electron chi connectivity index (χ0n) is 9.52. The van der Waals surface area contributed by atoms with Crippen molar-refractivity contribution in [1.29, 1.82) is 0 Å². The van der Waals surface area contributed by atoms with Crippen molar-refractivity contribution in [3.63, 3.8) is 0 Å². The van der Waals surface area contributed by atoms with Crippen LogP contribution in [0, 0.1) is 11.7 Å². The molecule has 1 N–H and O–H groups in total. The predicted octanol–water partition coefficient (Wildman–Crippen LogP) is 1.92. The van der Waals surface area contributed by atoms with Gasteiger partial charge in [-0.05, 0) is 18.1 Å². The third kappa shape index (κ3) is 4.01. The second kappa shape index (κ2) is 5.88. The van der Waals surface area contributed by atoms with Gasteiger partial charge < -0.3 is 0 Å². The van der Waals surface area contributed by atoms with Crippen LogP contribution in [0.1, 0.15) is 13.8 Å². The topological polar surface area (TPSA) is 59.1 Å². The van der Waals surface area contributed by atoms with Crippen LogP contribution >= 0.6 is 15.9 Å². The van der Waals surface area contributed by atoms with Crippen LogP contribution in [0.25, 0.3) is 0 Å². The first-order valence-corrected chi connectivity index (χ1v) is 7.48. The van der Waals surface area contributed by atoms with E-state index in [9.17, 15) is 12.8 Å². The minimum absolute atomic E-state index is 0.0101. The SMILES string of the molecule is CC(C)C(Br)CNS(=O)(=O)c1ncccc1F. The van der Waals surface area contributed by atoms with Gasteiger partial charge in [0.2, 0.25) is 5.03 Å². The van der Waals surface area contributed by atoms with Crippen LogP contribution in [0.3, 0.4) is 0 Å². The Morgan fingerprint density at radius 2 is 2.18 bits per heavy atom. The van der Waals surface area contributed by atoms with Crippen molar-refractivity contribution in [1.82, 2.24) is 9.71 Å². The Kier molecular flexibility index (Phi) is 5.03. The molecule has 1 rings (SSSR count). The Hall–Kier alpha value is -0.530. The van der Waals surface area contributed by atoms with Crippen molar-refractivity contribution in [2.75, 3.05) is 6.54 Å². The second-order valence-corrected chi connectivity index (χ2v) is 6.76. The van der Waals surface area contributed by atoms with Crippen LogP contribution in [0.5, 0.6) is 0 Å². The molecule has 4 nitrogen and oxygen atoms in total. The summed E-state index contributed by atoms with van der Waals surface area (Å²) in [5.74, 6) is -0.582. The molecule has 1 atom stereocenters. The monoisotopic (exact) mass is 324 g/mol. The number of alkyl halides is 1. The van der Waals surface area contributed by atoms with Crippen molar-refractivity contribution >= 4 is 26.0 Å². The quantitative estimate of drug-likeness (QED) is 0.842. The Balaban J connectivity index is 2.80. The van der Waals surface area contributed by atoms with Gasteiger partial charge in [0.1, 0.15) is 0 Å². The number of sulfonamides is 1. The molecule has 0 aliphatic carbocycles. The van der Waals surface area contributed by atoms with E-state index in [1.54, 1.807) is 0 Å². The fourth-order valence-electron chi connectivity index (χ4n) is 1.06. The average molecular weight is 325 g/mol. The Bertz CT molecular complexity index is 479. The minimum Gasteiger partial charge on any atom is -0.241 e. The summed E-state index contributed by atoms with van der Waals surface area (Å²) >= 11 is 3.34. The van der Waals surface area contributed by atoms with Crippen LogP contribution in [-0.4, -0.2) is 24.8 Å². The first kappa shape index (κ1) is 14.5. The van der Waals surface area contributed by atoms with Gasteiger partial charge in [-0.15, -0.1) is 0 Å². The fraction of sp³-hybridized carbons (Fsp3) is 0.500. The molecule has 1 aromatic rings. The molecule has 0 aliphatic heterocycles. The molecule has 0 saturated carbocycles. The van der Waals surface area contributed by atoms with Crippen molar-refractivity contribution in [2.45, 2.75) is 23.7 Å². The van der Waals surface area contributed by atoms with Crippen LogP contribution in [-0.2, 0) is 10.0 Å². The summed E-state index contributed by atoms with van der Waals surface area (Å²) in [6.45, 7) is 4.10. The summed E-state index contributed by atoms with van der Waals surface area (Å²) in [5.41, 5.74) is 0. The number of nitrogens with zero attached hydrogens (tertiary/aromatic N) is 1. The molecule has 1 aromatic heterocycles. The summed E-state index contributed by atoms with van der Waals surface area (Å²) in [4.78, 5) is 3.52. The molecule has 7 heteroatoms. The minimum atomic E-state index is -3.89. The van der Waals surface area contributed by atoms with Crippen LogP contribution in [0.2, 0.25) is 0 Å². The second-order valence-electron chi connectivity index (χ2n) is 3.90. The van der Waals surface area contributed by atoms with Crippen molar-refractivity contribution in [3.8, 4) is 0 Å². The van der Waals surface area contributed by atoms with Crippen LogP contribution in [0.15, 0.2) is 23.4 Å². The van der Waals surface area contributed by atoms with Gasteiger partial charge in [-0.2, -0.15) is 0 Å². The van der Waals surface area contributed by atoms with Gasteiger partial charge in [-0.3, -0.25) is 0 Å². The molecule has 0 spiro atoms. The molecule has 0 radical (unpaired) electrons. The summed E-state index contributed by atoms with van der Waals surface area (Å²) < 4.78 is 39.1. The Labute approximate surface area is 109 Å². The predicted molar refractivity (Wildman–Crippen MR) is 66.9 cm³/mol. The number of pyridine rings is 1. The lowest BCUT2D eigenvalue weighted by molar-refractivity contribution is 0.537. The van der Waals surface area contributed by atoms with Gasteiger partial charge in [0.25, 0.3) is 10.0 Å². The number of hydrogen-bond donors (Lipinski definition) is 1. The maximum atomic E-state index is 13.3. The average Bonchev–Trinajstić information content (AvgIpc) is 2.26. The fourth-order valence-corrected chi connectivity index (χ4v) is 2.50. The summed E-state index contributed by atoms with van der Waals surface area (Å²) in [5, 5.41) is -0.566. The van der Waals surface area contributed by atoms with Crippen molar-refractivity contribution in [3.05, 3.63) is 24.1 Å². The molecule has 1 heterocycles. The van der Waals surface area contributed by atoms with Gasteiger partial charge >= 0.3 is 0 Å². The van der Waals surface area contributed by atoms with E-state index in [1.165, 1.54) is 12.3 Å². The molecule has 0 fully saturated rings. The lowest BCUT2D eigenvalue weighted by Crippen LogP contribution is -2.32. The van der Waals surface area contributed by atoms with Crippen molar-refractivity contribution in [2.24, 2.45) is 5.92 Å². The van der Waals surface area contributed by atoms with E-state index < -0.39 is 20.9 Å². The maximum absolute atomic E-state index is 13.3. The molecule has 0 saturated heterocycles. The molecule has 0 bridgehead atoms. The van der Waals surface area contributed by atoms with Gasteiger partial charge in [0, 0.05) is 17.6 Å². The zero-order chi connectivity index (χ0) is 13.1. The smallest absolute Gasteiger partial charge is 0.241 e. The third-order valence-corrected chi connectivity index (χ3v) is 4.91. The lowest BCUT2D eigenvalue weighted by atomic mass is 10.1. The summed E-state index contributed by atoms with van der Waals surface area (Å²) in [6, 6.07) is 2.41. The largest absolute Gasteiger partial charge is 0.261 e. The van der Waals surface area contributed by atoms with Crippen LogP contribution in [0.4, 0.5) is 4.39 Å². The molecule has 0 aliphatic rings. The highest BCUT2D eigenvalue weighted by atomic mass is 79.9. The van der Waals surface area contributed by atoms with E-state index in [2.05, 4.69) is 25.6 Å². The summed E-state index contributed by atoms with van der Waals surface area (Å²) in [6.07, 6.45) is 1.24. The van der Waals surface area contributed by atoms with E-state index in [4.69, 9.17) is 0 Å². The van der Waals surface area contributed by atoms with Gasteiger partial charge in [-0.25, -0.2) is 22.5 Å². The van der Waals surface area contributed by atoms with Crippen molar-refractivity contribution < 1.29 is 12.8 Å². The van der Waals surface area contributed by atoms with E-state index in [0.717, 1.165) is 6.07 Å². The molecule has 0 aromatic carbocycles. The first-order chi connectivity index (χ1) is 7.84. The normalized spacial score (nSPS) is 13.9. The standard InChI is InChI=1S/C10H14BrFN2O2S/c1-7(2)8(11)6-14-17(15,16)10-9(12)4-3-5-13-10/h3-5,7-8,14H,6H2,1-2H3. The van der Waals surface area contributed by atoms with E-state index in [0.29, 0.717) is 0 Å². The Morgan fingerprint density at radius 1 is 1.53 bits per heavy atom. The molecular formula is C10H14BrFN2O2S. The zero-order valence-corrected chi connectivity index (χ0v) is 11.9. The molecular weight excluding hydrogens is 311 g/mol.